The molecule has 0 unspecified atom stereocenters. The summed E-state index contributed by atoms with van der Waals surface area (Å²) in [5, 5.41) is 15.4. The van der Waals surface area contributed by atoms with E-state index in [0.29, 0.717) is 10.8 Å². The molecular formula is C19H15N5O4S. The molecule has 0 saturated heterocycles. The van der Waals surface area contributed by atoms with E-state index in [2.05, 4.69) is 20.4 Å². The summed E-state index contributed by atoms with van der Waals surface area (Å²) in [6.07, 6.45) is 1.36. The smallest absolute Gasteiger partial charge is 0.322 e. The van der Waals surface area contributed by atoms with Gasteiger partial charge in [-0.25, -0.2) is 9.50 Å². The minimum absolute atomic E-state index is 0.134. The molecule has 4 aromatic rings. The highest BCUT2D eigenvalue weighted by Gasteiger charge is 2.19. The van der Waals surface area contributed by atoms with E-state index >= 15 is 0 Å². The molecule has 3 heterocycles. The molecule has 0 bridgehead atoms. The van der Waals surface area contributed by atoms with Gasteiger partial charge in [-0.2, -0.15) is 0 Å². The highest BCUT2D eigenvalue weighted by atomic mass is 32.2. The second kappa shape index (κ2) is 7.76. The van der Waals surface area contributed by atoms with Gasteiger partial charge in [0.2, 0.25) is 0 Å². The van der Waals surface area contributed by atoms with Crippen LogP contribution in [0.1, 0.15) is 16.1 Å². The second-order valence-electron chi connectivity index (χ2n) is 6.13. The van der Waals surface area contributed by atoms with Crippen molar-refractivity contribution < 1.29 is 14.7 Å². The number of carbonyl (C=O) groups excluding carboxylic acids is 1. The monoisotopic (exact) mass is 409 g/mol. The SMILES string of the molecule is O=C(O)CNC(=O)c1c(=O)cc(SCc2ccc3ccccc3n2)n2[nH]cnc12. The number of aromatic amines is 1. The molecule has 0 radical (unpaired) electrons. The van der Waals surface area contributed by atoms with Crippen molar-refractivity contribution >= 4 is 40.2 Å². The largest absolute Gasteiger partial charge is 0.480 e. The maximum absolute atomic E-state index is 12.5. The Kier molecular flexibility index (Phi) is 5.00. The Bertz CT molecular complexity index is 1300. The summed E-state index contributed by atoms with van der Waals surface area (Å²) in [5.74, 6) is -1.47. The summed E-state index contributed by atoms with van der Waals surface area (Å²) in [7, 11) is 0. The van der Waals surface area contributed by atoms with Crippen molar-refractivity contribution in [3.63, 3.8) is 0 Å². The predicted molar refractivity (Wildman–Crippen MR) is 107 cm³/mol. The molecule has 3 N–H and O–H groups in total. The van der Waals surface area contributed by atoms with Crippen LogP contribution in [-0.2, 0) is 10.5 Å². The second-order valence-corrected chi connectivity index (χ2v) is 7.12. The van der Waals surface area contributed by atoms with Crippen molar-refractivity contribution in [3.05, 3.63) is 70.3 Å². The van der Waals surface area contributed by atoms with Crippen LogP contribution < -0.4 is 10.7 Å². The lowest BCUT2D eigenvalue weighted by molar-refractivity contribution is -0.135. The van der Waals surface area contributed by atoms with E-state index in [0.717, 1.165) is 16.6 Å². The molecule has 3 aromatic heterocycles. The first-order valence-electron chi connectivity index (χ1n) is 8.59. The average molecular weight is 409 g/mol. The van der Waals surface area contributed by atoms with Gasteiger partial charge in [0.05, 0.1) is 11.2 Å². The number of rotatable bonds is 6. The van der Waals surface area contributed by atoms with Crippen LogP contribution in [0.5, 0.6) is 0 Å². The molecule has 1 aromatic carbocycles. The van der Waals surface area contributed by atoms with E-state index < -0.39 is 23.9 Å². The highest BCUT2D eigenvalue weighted by Crippen LogP contribution is 2.23. The van der Waals surface area contributed by atoms with Crippen LogP contribution in [0.3, 0.4) is 0 Å². The number of carboxylic acid groups (broad SMARTS) is 1. The van der Waals surface area contributed by atoms with Crippen LogP contribution in [-0.4, -0.2) is 43.1 Å². The molecule has 9 nitrogen and oxygen atoms in total. The fraction of sp³-hybridized carbons (Fsp3) is 0.105. The number of nitrogens with one attached hydrogen (secondary N) is 2. The van der Waals surface area contributed by atoms with Crippen molar-refractivity contribution in [1.82, 2.24) is 24.9 Å². The van der Waals surface area contributed by atoms with Gasteiger partial charge in [0, 0.05) is 17.2 Å². The summed E-state index contributed by atoms with van der Waals surface area (Å²) < 4.78 is 1.52. The number of hydrogen-bond acceptors (Lipinski definition) is 6. The Morgan fingerprint density at radius 1 is 1.21 bits per heavy atom. The Labute approximate surface area is 167 Å². The van der Waals surface area contributed by atoms with Crippen LogP contribution >= 0.6 is 11.8 Å². The maximum atomic E-state index is 12.5. The summed E-state index contributed by atoms with van der Waals surface area (Å²) in [5.41, 5.74) is 1.13. The van der Waals surface area contributed by atoms with Gasteiger partial charge >= 0.3 is 5.97 Å². The first kappa shape index (κ1) is 18.7. The van der Waals surface area contributed by atoms with Crippen molar-refractivity contribution in [2.24, 2.45) is 0 Å². The third kappa shape index (κ3) is 3.83. The molecule has 0 aliphatic heterocycles. The molecule has 0 saturated carbocycles. The van der Waals surface area contributed by atoms with Gasteiger partial charge in [0.1, 0.15) is 23.5 Å². The number of amides is 1. The lowest BCUT2D eigenvalue weighted by Crippen LogP contribution is -2.33. The van der Waals surface area contributed by atoms with E-state index in [1.165, 1.54) is 28.7 Å². The van der Waals surface area contributed by atoms with Gasteiger partial charge in [0.25, 0.3) is 5.91 Å². The lowest BCUT2D eigenvalue weighted by Gasteiger charge is -2.08. The minimum atomic E-state index is -1.20. The number of hydrogen-bond donors (Lipinski definition) is 3. The molecule has 4 rings (SSSR count). The fourth-order valence-electron chi connectivity index (χ4n) is 2.87. The van der Waals surface area contributed by atoms with Gasteiger partial charge < -0.3 is 10.4 Å². The number of thioether (sulfide) groups is 1. The van der Waals surface area contributed by atoms with E-state index in [4.69, 9.17) is 5.11 Å². The van der Waals surface area contributed by atoms with Crippen molar-refractivity contribution in [1.29, 1.82) is 0 Å². The highest BCUT2D eigenvalue weighted by molar-refractivity contribution is 7.98. The number of carboxylic acids is 1. The third-order valence-electron chi connectivity index (χ3n) is 4.18. The zero-order valence-corrected chi connectivity index (χ0v) is 15.8. The number of pyridine rings is 2. The maximum Gasteiger partial charge on any atom is 0.322 e. The van der Waals surface area contributed by atoms with Gasteiger partial charge in [-0.05, 0) is 12.1 Å². The van der Waals surface area contributed by atoms with Gasteiger partial charge in [-0.15, -0.1) is 0 Å². The number of carbonyl (C=O) groups is 2. The van der Waals surface area contributed by atoms with Gasteiger partial charge in [0.15, 0.2) is 11.1 Å². The Morgan fingerprint density at radius 2 is 2.03 bits per heavy atom. The zero-order valence-electron chi connectivity index (χ0n) is 15.0. The molecule has 0 aliphatic carbocycles. The van der Waals surface area contributed by atoms with Crippen LogP contribution in [0.4, 0.5) is 0 Å². The summed E-state index contributed by atoms with van der Waals surface area (Å²) in [6, 6.07) is 13.0. The number of H-pyrrole nitrogens is 1. The lowest BCUT2D eigenvalue weighted by atomic mass is 10.2. The van der Waals surface area contributed by atoms with Crippen molar-refractivity contribution in [2.75, 3.05) is 6.54 Å². The van der Waals surface area contributed by atoms with Gasteiger partial charge in [-0.1, -0.05) is 36.0 Å². The standard InChI is InChI=1S/C19H15N5O4S/c25-14-7-15(29-9-12-6-5-11-3-1-2-4-13(11)23-12)24-18(21-10-22-24)17(14)19(28)20-8-16(26)27/h1-7,10H,8-9H2,(H,20,28)(H,21,22)(H,26,27). The zero-order chi connectivity index (χ0) is 20.4. The number of aliphatic carboxylic acids is 1. The average Bonchev–Trinajstić information content (AvgIpc) is 3.19. The molecule has 0 spiro atoms. The van der Waals surface area contributed by atoms with E-state index in [-0.39, 0.29) is 11.2 Å². The first-order valence-corrected chi connectivity index (χ1v) is 9.58. The molecule has 146 valence electrons. The van der Waals surface area contributed by atoms with Crippen LogP contribution in [0.25, 0.3) is 16.6 Å². The Morgan fingerprint density at radius 3 is 2.86 bits per heavy atom. The normalized spacial score (nSPS) is 11.0. The van der Waals surface area contributed by atoms with Crippen molar-refractivity contribution in [3.8, 4) is 0 Å². The molecular weight excluding hydrogens is 394 g/mol. The Balaban J connectivity index is 1.62. The topological polar surface area (TPSA) is 129 Å². The van der Waals surface area contributed by atoms with Crippen molar-refractivity contribution in [2.45, 2.75) is 10.8 Å². The quantitative estimate of drug-likeness (QED) is 0.413. The number of benzene rings is 1. The Hall–Kier alpha value is -3.66. The molecule has 1 amide bonds. The fourth-order valence-corrected chi connectivity index (χ4v) is 3.79. The first-order chi connectivity index (χ1) is 14.0. The summed E-state index contributed by atoms with van der Waals surface area (Å²) >= 11 is 1.37. The number of aromatic nitrogens is 4. The number of nitrogens with zero attached hydrogens (tertiary/aromatic N) is 3. The van der Waals surface area contributed by atoms with Crippen LogP contribution in [0.15, 0.2) is 58.6 Å². The van der Waals surface area contributed by atoms with E-state index in [1.54, 1.807) is 0 Å². The van der Waals surface area contributed by atoms with E-state index in [9.17, 15) is 14.4 Å². The number of fused-ring (bicyclic) bond motifs is 2. The molecule has 0 fully saturated rings. The summed E-state index contributed by atoms with van der Waals surface area (Å²) in [6.45, 7) is -0.584. The molecule has 29 heavy (non-hydrogen) atoms. The van der Waals surface area contributed by atoms with Gasteiger partial charge in [-0.3, -0.25) is 24.5 Å². The van der Waals surface area contributed by atoms with Crippen LogP contribution in [0, 0.1) is 0 Å². The molecule has 10 heteroatoms. The molecule has 0 aliphatic rings. The molecule has 0 atom stereocenters. The van der Waals surface area contributed by atoms with Crippen LogP contribution in [0.2, 0.25) is 0 Å². The van der Waals surface area contributed by atoms with E-state index in [1.807, 2.05) is 36.4 Å². The number of para-hydroxylation sites is 1. The third-order valence-corrected chi connectivity index (χ3v) is 5.22. The summed E-state index contributed by atoms with van der Waals surface area (Å²) in [4.78, 5) is 44.1. The predicted octanol–water partition coefficient (Wildman–Crippen LogP) is 1.68. The minimum Gasteiger partial charge on any atom is -0.480 e.